The molecule has 0 bridgehead atoms. The van der Waals surface area contributed by atoms with Gasteiger partial charge in [-0.25, -0.2) is 0 Å². The van der Waals surface area contributed by atoms with Crippen molar-refractivity contribution in [2.24, 2.45) is 28.6 Å². The normalized spacial score (nSPS) is 28.3. The topological polar surface area (TPSA) is 121 Å². The second-order valence-corrected chi connectivity index (χ2v) is 14.9. The molecule has 3 saturated heterocycles. The van der Waals surface area contributed by atoms with Crippen LogP contribution in [0, 0.1) is 28.6 Å². The minimum atomic E-state index is -0.874. The monoisotopic (exact) mass is 627 g/mol. The average molecular weight is 628 g/mol. The van der Waals surface area contributed by atoms with E-state index in [1.807, 2.05) is 11.8 Å². The second-order valence-electron chi connectivity index (χ2n) is 14.0. The summed E-state index contributed by atoms with van der Waals surface area (Å²) in [4.78, 5) is 64.5. The van der Waals surface area contributed by atoms with E-state index in [0.717, 1.165) is 25.7 Å². The summed E-state index contributed by atoms with van der Waals surface area (Å²) in [7, 11) is 0. The molecule has 240 valence electrons. The van der Waals surface area contributed by atoms with Crippen LogP contribution in [0.5, 0.6) is 0 Å². The SMILES string of the molecule is C[C@@H](OC[C@H]1C=CCCC1)[C@H](NC(=O)[C@@H]1CN(C(=O)c2cncs2)CC12CN(C(=O)[C@H]1CC1(C)C)C2)C(=O)N1CCOCC1. The van der Waals surface area contributed by atoms with Crippen molar-refractivity contribution in [1.29, 1.82) is 0 Å². The predicted molar refractivity (Wildman–Crippen MR) is 164 cm³/mol. The van der Waals surface area contributed by atoms with Gasteiger partial charge in [0, 0.05) is 56.5 Å². The van der Waals surface area contributed by atoms with Crippen LogP contribution in [0.1, 0.15) is 56.1 Å². The molecule has 1 spiro atoms. The molecule has 5 aliphatic rings. The third-order valence-corrected chi connectivity index (χ3v) is 11.1. The number of hydrogen-bond donors (Lipinski definition) is 1. The predicted octanol–water partition coefficient (Wildman–Crippen LogP) is 2.19. The van der Waals surface area contributed by atoms with Crippen molar-refractivity contribution in [3.05, 3.63) is 28.7 Å². The van der Waals surface area contributed by atoms with Gasteiger partial charge in [0.1, 0.15) is 10.9 Å². The van der Waals surface area contributed by atoms with Crippen LogP contribution in [-0.4, -0.2) is 115 Å². The van der Waals surface area contributed by atoms with Gasteiger partial charge in [-0.3, -0.25) is 24.2 Å². The van der Waals surface area contributed by atoms with E-state index in [1.54, 1.807) is 21.5 Å². The molecule has 1 N–H and O–H groups in total. The molecule has 4 amide bonds. The van der Waals surface area contributed by atoms with Crippen LogP contribution >= 0.6 is 11.3 Å². The van der Waals surface area contributed by atoms with Gasteiger partial charge in [0.2, 0.25) is 17.7 Å². The molecule has 1 aromatic rings. The highest BCUT2D eigenvalue weighted by Gasteiger charge is 2.62. The zero-order valence-corrected chi connectivity index (χ0v) is 26.9. The lowest BCUT2D eigenvalue weighted by Crippen LogP contribution is -2.65. The lowest BCUT2D eigenvalue weighted by Gasteiger charge is -2.50. The van der Waals surface area contributed by atoms with Gasteiger partial charge in [-0.2, -0.15) is 0 Å². The smallest absolute Gasteiger partial charge is 0.265 e. The number of nitrogens with one attached hydrogen (secondary N) is 1. The highest BCUT2D eigenvalue weighted by Crippen LogP contribution is 2.54. The summed E-state index contributed by atoms with van der Waals surface area (Å²) >= 11 is 1.27. The summed E-state index contributed by atoms with van der Waals surface area (Å²) < 4.78 is 11.7. The first kappa shape index (κ1) is 31.2. The van der Waals surface area contributed by atoms with Crippen molar-refractivity contribution in [1.82, 2.24) is 25.0 Å². The number of ether oxygens (including phenoxy) is 2. The van der Waals surface area contributed by atoms with E-state index >= 15 is 0 Å². The summed E-state index contributed by atoms with van der Waals surface area (Å²) in [5, 5.41) is 3.09. The average Bonchev–Trinajstić information content (AvgIpc) is 3.38. The maximum atomic E-state index is 14.2. The molecule has 5 atom stereocenters. The highest BCUT2D eigenvalue weighted by molar-refractivity contribution is 7.11. The van der Waals surface area contributed by atoms with E-state index in [2.05, 4.69) is 36.3 Å². The Morgan fingerprint density at radius 3 is 2.48 bits per heavy atom. The molecule has 44 heavy (non-hydrogen) atoms. The summed E-state index contributed by atoms with van der Waals surface area (Å²) in [6.45, 7) is 9.81. The third-order valence-electron chi connectivity index (χ3n) is 10.3. The number of nitrogens with zero attached hydrogens (tertiary/aromatic N) is 4. The lowest BCUT2D eigenvalue weighted by atomic mass is 9.70. The first-order chi connectivity index (χ1) is 21.1. The van der Waals surface area contributed by atoms with Crippen LogP contribution in [0.2, 0.25) is 0 Å². The Balaban J connectivity index is 1.19. The summed E-state index contributed by atoms with van der Waals surface area (Å²) in [6.07, 6.45) is 9.46. The van der Waals surface area contributed by atoms with E-state index in [9.17, 15) is 19.2 Å². The van der Waals surface area contributed by atoms with Crippen LogP contribution in [0.3, 0.4) is 0 Å². The van der Waals surface area contributed by atoms with Gasteiger partial charge < -0.3 is 29.5 Å². The van der Waals surface area contributed by atoms with Gasteiger partial charge >= 0.3 is 0 Å². The van der Waals surface area contributed by atoms with Gasteiger partial charge in [-0.05, 0) is 38.0 Å². The van der Waals surface area contributed by atoms with Gasteiger partial charge in [0.05, 0.1) is 43.5 Å². The fourth-order valence-corrected chi connectivity index (χ4v) is 7.86. The number of carbonyl (C=O) groups excluding carboxylic acids is 4. The minimum Gasteiger partial charge on any atom is -0.378 e. The number of thiazole rings is 1. The van der Waals surface area contributed by atoms with Crippen molar-refractivity contribution in [3.63, 3.8) is 0 Å². The molecule has 0 radical (unpaired) electrons. The maximum Gasteiger partial charge on any atom is 0.265 e. The fourth-order valence-electron chi connectivity index (χ4n) is 7.27. The first-order valence-corrected chi connectivity index (χ1v) is 16.9. The Hall–Kier alpha value is -2.83. The molecule has 4 fully saturated rings. The maximum absolute atomic E-state index is 14.2. The largest absolute Gasteiger partial charge is 0.378 e. The molecular formula is C32H45N5O6S. The summed E-state index contributed by atoms with van der Waals surface area (Å²) in [6, 6.07) is -0.874. The molecule has 1 saturated carbocycles. The van der Waals surface area contributed by atoms with Crippen LogP contribution in [0.15, 0.2) is 23.9 Å². The minimum absolute atomic E-state index is 0.0102. The Bertz CT molecular complexity index is 1270. The molecule has 1 aromatic heterocycles. The standard InChI is InChI=1S/C32H45N5O6S/c1-21(43-16-22-7-5-4-6-8-22)26(30(41)35-9-11-42-12-10-35)34-27(38)24-15-36(29(40)25-14-33-20-44-25)17-32(24)18-37(19-32)28(39)23-13-31(23,2)3/h5,7,14,20-24,26H,4,6,8-13,15-19H2,1-3H3,(H,34,38)/t21-,22+,23-,24+,26+/m1/s1. The quantitative estimate of drug-likeness (QED) is 0.417. The van der Waals surface area contributed by atoms with Crippen molar-refractivity contribution in [2.75, 3.05) is 59.1 Å². The van der Waals surface area contributed by atoms with Gasteiger partial charge in [-0.15, -0.1) is 11.3 Å². The van der Waals surface area contributed by atoms with Crippen LogP contribution in [0.4, 0.5) is 0 Å². The Kier molecular flexibility index (Phi) is 8.87. The second kappa shape index (κ2) is 12.5. The molecule has 6 rings (SSSR count). The molecule has 0 unspecified atom stereocenters. The highest BCUT2D eigenvalue weighted by atomic mass is 32.1. The van der Waals surface area contributed by atoms with E-state index < -0.39 is 23.5 Å². The Labute approximate surface area is 263 Å². The van der Waals surface area contributed by atoms with Crippen LogP contribution < -0.4 is 5.32 Å². The number of amides is 4. The lowest BCUT2D eigenvalue weighted by molar-refractivity contribution is -0.153. The van der Waals surface area contributed by atoms with Gasteiger partial charge in [0.25, 0.3) is 5.91 Å². The molecule has 12 heteroatoms. The van der Waals surface area contributed by atoms with E-state index in [4.69, 9.17) is 9.47 Å². The van der Waals surface area contributed by atoms with Gasteiger partial charge in [-0.1, -0.05) is 26.0 Å². The molecule has 3 aliphatic heterocycles. The molecular weight excluding hydrogens is 582 g/mol. The number of allylic oxidation sites excluding steroid dienone is 1. The summed E-state index contributed by atoms with van der Waals surface area (Å²) in [5.74, 6) is -0.748. The number of carbonyl (C=O) groups is 4. The van der Waals surface area contributed by atoms with Crippen molar-refractivity contribution in [2.45, 2.75) is 58.6 Å². The van der Waals surface area contributed by atoms with E-state index in [1.165, 1.54) is 11.3 Å². The van der Waals surface area contributed by atoms with Crippen molar-refractivity contribution >= 4 is 35.0 Å². The zero-order valence-electron chi connectivity index (χ0n) is 26.0. The Morgan fingerprint density at radius 1 is 1.11 bits per heavy atom. The molecule has 2 aliphatic carbocycles. The fraction of sp³-hybridized carbons (Fsp3) is 0.719. The third kappa shape index (κ3) is 6.30. The van der Waals surface area contributed by atoms with Gasteiger partial charge in [0.15, 0.2) is 0 Å². The number of hydrogen-bond acceptors (Lipinski definition) is 8. The van der Waals surface area contributed by atoms with Crippen LogP contribution in [0.25, 0.3) is 0 Å². The van der Waals surface area contributed by atoms with Crippen molar-refractivity contribution < 1.29 is 28.7 Å². The van der Waals surface area contributed by atoms with E-state index in [-0.39, 0.29) is 41.5 Å². The number of rotatable bonds is 9. The molecule has 0 aromatic carbocycles. The van der Waals surface area contributed by atoms with Crippen LogP contribution in [-0.2, 0) is 23.9 Å². The number of likely N-dealkylation sites (tertiary alicyclic amines) is 2. The van der Waals surface area contributed by atoms with E-state index in [0.29, 0.717) is 63.3 Å². The number of aromatic nitrogens is 1. The summed E-state index contributed by atoms with van der Waals surface area (Å²) in [5.41, 5.74) is 1.07. The number of morpholine rings is 1. The molecule has 4 heterocycles. The van der Waals surface area contributed by atoms with Crippen molar-refractivity contribution in [3.8, 4) is 0 Å². The zero-order chi connectivity index (χ0) is 31.1. The first-order valence-electron chi connectivity index (χ1n) is 16.0. The molecule has 11 nitrogen and oxygen atoms in total. The Morgan fingerprint density at radius 2 is 1.84 bits per heavy atom.